The van der Waals surface area contributed by atoms with Crippen LogP contribution in [0.25, 0.3) is 0 Å². The fourth-order valence-electron chi connectivity index (χ4n) is 0.639. The van der Waals surface area contributed by atoms with Crippen molar-refractivity contribution in [1.29, 1.82) is 0 Å². The average Bonchev–Trinajstić information content (AvgIpc) is 2.60. The molecule has 0 fully saturated rings. The Bertz CT molecular complexity index is 102. The lowest BCUT2D eigenvalue weighted by atomic mass is 10.7. The highest BCUT2D eigenvalue weighted by Crippen LogP contribution is 1.68. The van der Waals surface area contributed by atoms with Gasteiger partial charge in [0.2, 0.25) is 0 Å². The summed E-state index contributed by atoms with van der Waals surface area (Å²) in [6.07, 6.45) is 0. The van der Waals surface area contributed by atoms with Crippen LogP contribution in [-0.2, 0) is 14.2 Å². The molecule has 0 aromatic heterocycles. The summed E-state index contributed by atoms with van der Waals surface area (Å²) in [6, 6.07) is 0. The lowest BCUT2D eigenvalue weighted by Gasteiger charge is -1.94. The first-order chi connectivity index (χ1) is 11.2. The van der Waals surface area contributed by atoms with Crippen LogP contribution >= 0.6 is 0 Å². The molecule has 0 aliphatic heterocycles. The van der Waals surface area contributed by atoms with E-state index in [2.05, 4.69) is 4.74 Å². The van der Waals surface area contributed by atoms with Gasteiger partial charge in [-0.05, 0) is 27.7 Å². The fraction of sp³-hybridized carbons (Fsp3) is 1.00. The molecule has 0 saturated carbocycles. The first-order valence-corrected chi connectivity index (χ1v) is 7.77. The number of aliphatic hydroxyl groups is 5. The van der Waals surface area contributed by atoms with E-state index in [1.807, 2.05) is 27.7 Å². The summed E-state index contributed by atoms with van der Waals surface area (Å²) in [5, 5.41) is 38.4. The molecule has 8 heteroatoms. The molecule has 148 valence electrons. The topological polar surface area (TPSA) is 129 Å². The number of rotatable bonds is 9. The Kier molecular flexibility index (Phi) is 85.5. The molecule has 0 rings (SSSR count). The molecule has 0 heterocycles. The first kappa shape index (κ1) is 34.1. The van der Waals surface area contributed by atoms with E-state index >= 15 is 0 Å². The van der Waals surface area contributed by atoms with Gasteiger partial charge in [0, 0.05) is 33.5 Å². The third kappa shape index (κ3) is 111. The normalized spacial score (nSPS) is 8.09. The summed E-state index contributed by atoms with van der Waals surface area (Å²) < 4.78 is 14.3. The predicted octanol–water partition coefficient (Wildman–Crippen LogP) is -0.347. The fourth-order valence-corrected chi connectivity index (χ4v) is 0.639. The van der Waals surface area contributed by atoms with Crippen molar-refractivity contribution in [2.75, 3.05) is 73.2 Å². The number of aliphatic hydroxyl groups excluding tert-OH is 5. The molecule has 0 saturated heterocycles. The van der Waals surface area contributed by atoms with Crippen molar-refractivity contribution in [3.05, 3.63) is 0 Å². The third-order valence-electron chi connectivity index (χ3n) is 1.39. The second kappa shape index (κ2) is 57.7. The van der Waals surface area contributed by atoms with E-state index in [0.29, 0.717) is 13.2 Å². The van der Waals surface area contributed by atoms with Crippen molar-refractivity contribution >= 4 is 0 Å². The molecule has 0 spiro atoms. The minimum absolute atomic E-state index is 0.0278. The van der Waals surface area contributed by atoms with Crippen molar-refractivity contribution < 1.29 is 39.7 Å². The summed E-state index contributed by atoms with van der Waals surface area (Å²) in [7, 11) is 1.00. The number of hydrogen-bond acceptors (Lipinski definition) is 8. The molecule has 0 aliphatic rings. The Morgan fingerprint density at radius 3 is 0.826 bits per heavy atom. The van der Waals surface area contributed by atoms with E-state index in [9.17, 15) is 0 Å². The van der Waals surface area contributed by atoms with Gasteiger partial charge in [0.1, 0.15) is 0 Å². The van der Waals surface area contributed by atoms with Crippen molar-refractivity contribution in [2.45, 2.75) is 27.7 Å². The molecule has 0 atom stereocenters. The molecule has 0 unspecified atom stereocenters. The van der Waals surface area contributed by atoms with Gasteiger partial charge in [0.25, 0.3) is 0 Å². The maximum Gasteiger partial charge on any atom is 0.0698 e. The Labute approximate surface area is 141 Å². The summed E-state index contributed by atoms with van der Waals surface area (Å²) >= 11 is 0. The quantitative estimate of drug-likeness (QED) is 0.358. The standard InChI is InChI=1S/C4H10O3.2C4H10O.C2H6O2.CH4O/c5-1-3-7-4-2-6;2*1-3-5-4-2;3-1-2-4;1-2/h5-6H,1-4H2;2*3-4H2,1-2H3;3-4H,1-2H2;2H,1H3. The van der Waals surface area contributed by atoms with E-state index in [0.717, 1.165) is 33.5 Å². The highest BCUT2D eigenvalue weighted by molar-refractivity contribution is 4.24. The molecule has 0 aromatic carbocycles. The van der Waals surface area contributed by atoms with E-state index in [-0.39, 0.29) is 26.4 Å². The largest absolute Gasteiger partial charge is 0.400 e. The van der Waals surface area contributed by atoms with Gasteiger partial charge in [-0.1, -0.05) is 0 Å². The number of hydrogen-bond donors (Lipinski definition) is 5. The maximum atomic E-state index is 8.09. The van der Waals surface area contributed by atoms with Gasteiger partial charge in [-0.3, -0.25) is 0 Å². The van der Waals surface area contributed by atoms with Crippen molar-refractivity contribution in [1.82, 2.24) is 0 Å². The summed E-state index contributed by atoms with van der Waals surface area (Å²) in [4.78, 5) is 0. The van der Waals surface area contributed by atoms with Crippen LogP contribution in [-0.4, -0.2) is 98.7 Å². The van der Waals surface area contributed by atoms with E-state index < -0.39 is 0 Å². The molecule has 0 radical (unpaired) electrons. The number of ether oxygens (including phenoxy) is 3. The molecular formula is C15H40O8. The van der Waals surface area contributed by atoms with Crippen LogP contribution in [0.4, 0.5) is 0 Å². The Morgan fingerprint density at radius 1 is 0.478 bits per heavy atom. The minimum atomic E-state index is -0.125. The van der Waals surface area contributed by atoms with Crippen LogP contribution in [0, 0.1) is 0 Å². The van der Waals surface area contributed by atoms with Crippen LogP contribution in [0.2, 0.25) is 0 Å². The van der Waals surface area contributed by atoms with Gasteiger partial charge in [0.05, 0.1) is 39.6 Å². The van der Waals surface area contributed by atoms with Gasteiger partial charge in [-0.2, -0.15) is 0 Å². The highest BCUT2D eigenvalue weighted by Gasteiger charge is 1.79. The molecule has 0 aromatic rings. The van der Waals surface area contributed by atoms with Crippen molar-refractivity contribution in [2.24, 2.45) is 0 Å². The molecule has 5 N–H and O–H groups in total. The zero-order valence-corrected chi connectivity index (χ0v) is 15.5. The first-order valence-electron chi connectivity index (χ1n) is 7.77. The van der Waals surface area contributed by atoms with Crippen LogP contribution in [0.3, 0.4) is 0 Å². The molecule has 0 bridgehead atoms. The van der Waals surface area contributed by atoms with Crippen molar-refractivity contribution in [3.63, 3.8) is 0 Å². The summed E-state index contributed by atoms with van der Waals surface area (Å²) in [5.41, 5.74) is 0. The molecule has 0 aliphatic carbocycles. The minimum Gasteiger partial charge on any atom is -0.400 e. The summed E-state index contributed by atoms with van der Waals surface area (Å²) in [5.74, 6) is 0. The van der Waals surface area contributed by atoms with Gasteiger partial charge < -0.3 is 39.7 Å². The van der Waals surface area contributed by atoms with Crippen LogP contribution < -0.4 is 0 Å². The molecule has 23 heavy (non-hydrogen) atoms. The third-order valence-corrected chi connectivity index (χ3v) is 1.39. The summed E-state index contributed by atoms with van der Waals surface area (Å²) in [6.45, 7) is 11.8. The lowest BCUT2D eigenvalue weighted by molar-refractivity contribution is 0.0650. The van der Waals surface area contributed by atoms with Gasteiger partial charge in [-0.15, -0.1) is 0 Å². The van der Waals surface area contributed by atoms with Crippen molar-refractivity contribution in [3.8, 4) is 0 Å². The zero-order valence-electron chi connectivity index (χ0n) is 15.5. The Balaban J connectivity index is -0.0000000615. The van der Waals surface area contributed by atoms with Gasteiger partial charge in [0.15, 0.2) is 0 Å². The molecule has 0 amide bonds. The van der Waals surface area contributed by atoms with Gasteiger partial charge >= 0.3 is 0 Å². The monoisotopic (exact) mass is 348 g/mol. The smallest absolute Gasteiger partial charge is 0.0698 e. The van der Waals surface area contributed by atoms with E-state index in [4.69, 9.17) is 35.0 Å². The second-order valence-corrected chi connectivity index (χ2v) is 3.07. The second-order valence-electron chi connectivity index (χ2n) is 3.07. The SMILES string of the molecule is CCOCC.CCOCC.CO.OCCO.OCCOCCO. The molecular weight excluding hydrogens is 308 g/mol. The van der Waals surface area contributed by atoms with E-state index in [1.165, 1.54) is 0 Å². The maximum absolute atomic E-state index is 8.09. The van der Waals surface area contributed by atoms with Gasteiger partial charge in [-0.25, -0.2) is 0 Å². The van der Waals surface area contributed by atoms with Crippen LogP contribution in [0.1, 0.15) is 27.7 Å². The average molecular weight is 348 g/mol. The lowest BCUT2D eigenvalue weighted by Crippen LogP contribution is -2.03. The predicted molar refractivity (Wildman–Crippen MR) is 91.6 cm³/mol. The van der Waals surface area contributed by atoms with E-state index in [1.54, 1.807) is 0 Å². The van der Waals surface area contributed by atoms with Crippen LogP contribution in [0.5, 0.6) is 0 Å². The zero-order chi connectivity index (χ0) is 19.2. The molecule has 8 nitrogen and oxygen atoms in total. The Morgan fingerprint density at radius 2 is 0.739 bits per heavy atom. The van der Waals surface area contributed by atoms with Crippen LogP contribution in [0.15, 0.2) is 0 Å². The highest BCUT2D eigenvalue weighted by atomic mass is 16.5. The Hall–Kier alpha value is -0.320.